The fourth-order valence-electron chi connectivity index (χ4n) is 4.24. The molecule has 6 heteroatoms. The summed E-state index contributed by atoms with van der Waals surface area (Å²) >= 11 is 0. The van der Waals surface area contributed by atoms with E-state index in [2.05, 4.69) is 22.8 Å². The van der Waals surface area contributed by atoms with Crippen molar-refractivity contribution in [3.63, 3.8) is 0 Å². The van der Waals surface area contributed by atoms with Gasteiger partial charge in [-0.1, -0.05) is 25.3 Å². The molecule has 1 amide bonds. The highest BCUT2D eigenvalue weighted by Gasteiger charge is 2.35. The van der Waals surface area contributed by atoms with Crippen molar-refractivity contribution < 1.29 is 14.3 Å². The summed E-state index contributed by atoms with van der Waals surface area (Å²) in [6.45, 7) is 2.45. The van der Waals surface area contributed by atoms with Crippen LogP contribution in [0.15, 0.2) is 18.2 Å². The quantitative estimate of drug-likeness (QED) is 0.793. The number of hydrogen-bond acceptors (Lipinski definition) is 4. The zero-order valence-corrected chi connectivity index (χ0v) is 16.6. The molecule has 2 N–H and O–H groups in total. The number of halogens is 1. The van der Waals surface area contributed by atoms with Gasteiger partial charge in [0.25, 0.3) is 0 Å². The van der Waals surface area contributed by atoms with Gasteiger partial charge in [0.2, 0.25) is 5.91 Å². The highest BCUT2D eigenvalue weighted by atomic mass is 35.5. The lowest BCUT2D eigenvalue weighted by Crippen LogP contribution is -2.44. The number of amides is 1. The topological polar surface area (TPSA) is 59.6 Å². The summed E-state index contributed by atoms with van der Waals surface area (Å²) in [6.07, 6.45) is 6.83. The first-order valence-corrected chi connectivity index (χ1v) is 9.39. The van der Waals surface area contributed by atoms with Crippen LogP contribution in [-0.2, 0) is 10.2 Å². The number of ether oxygens (including phenoxy) is 2. The third-order valence-electron chi connectivity index (χ3n) is 5.84. The van der Waals surface area contributed by atoms with Gasteiger partial charge in [0.1, 0.15) is 0 Å². The van der Waals surface area contributed by atoms with Gasteiger partial charge in [0, 0.05) is 18.5 Å². The highest BCUT2D eigenvalue weighted by molar-refractivity contribution is 5.85. The second kappa shape index (κ2) is 9.47. The molecule has 1 unspecified atom stereocenters. The minimum atomic E-state index is -0.000502. The summed E-state index contributed by atoms with van der Waals surface area (Å²) in [7, 11) is 3.33. The Morgan fingerprint density at radius 2 is 1.92 bits per heavy atom. The summed E-state index contributed by atoms with van der Waals surface area (Å²) in [5.41, 5.74) is 1.24. The molecule has 1 saturated heterocycles. The van der Waals surface area contributed by atoms with Gasteiger partial charge in [-0.15, -0.1) is 12.4 Å². The maximum Gasteiger partial charge on any atom is 0.224 e. The molecule has 26 heavy (non-hydrogen) atoms. The summed E-state index contributed by atoms with van der Waals surface area (Å²) < 4.78 is 10.9. The van der Waals surface area contributed by atoms with Crippen LogP contribution in [0.25, 0.3) is 0 Å². The first kappa shape index (κ1) is 20.8. The normalized spacial score (nSPS) is 21.5. The van der Waals surface area contributed by atoms with Crippen molar-refractivity contribution in [3.8, 4) is 11.5 Å². The van der Waals surface area contributed by atoms with Crippen molar-refractivity contribution in [3.05, 3.63) is 23.8 Å². The van der Waals surface area contributed by atoms with Crippen molar-refractivity contribution in [2.24, 2.45) is 5.92 Å². The second-order valence-electron chi connectivity index (χ2n) is 7.32. The van der Waals surface area contributed by atoms with E-state index in [9.17, 15) is 4.79 Å². The van der Waals surface area contributed by atoms with Crippen LogP contribution >= 0.6 is 12.4 Å². The Morgan fingerprint density at radius 3 is 2.54 bits per heavy atom. The van der Waals surface area contributed by atoms with E-state index in [-0.39, 0.29) is 29.6 Å². The van der Waals surface area contributed by atoms with Gasteiger partial charge in [0.05, 0.1) is 20.1 Å². The minimum Gasteiger partial charge on any atom is -0.493 e. The van der Waals surface area contributed by atoms with E-state index in [0.717, 1.165) is 43.9 Å². The summed E-state index contributed by atoms with van der Waals surface area (Å²) in [5.74, 6) is 1.82. The number of carbonyl (C=O) groups excluding carboxylic acids is 1. The van der Waals surface area contributed by atoms with Gasteiger partial charge < -0.3 is 20.1 Å². The molecule has 146 valence electrons. The highest BCUT2D eigenvalue weighted by Crippen LogP contribution is 2.42. The Hall–Kier alpha value is -1.46. The van der Waals surface area contributed by atoms with Gasteiger partial charge in [-0.25, -0.2) is 0 Å². The largest absolute Gasteiger partial charge is 0.493 e. The van der Waals surface area contributed by atoms with Gasteiger partial charge in [0.15, 0.2) is 11.5 Å². The predicted octanol–water partition coefficient (Wildman–Crippen LogP) is 3.05. The Balaban J connectivity index is 0.00000243. The molecule has 1 aliphatic heterocycles. The smallest absolute Gasteiger partial charge is 0.224 e. The molecule has 1 aromatic rings. The predicted molar refractivity (Wildman–Crippen MR) is 106 cm³/mol. The summed E-state index contributed by atoms with van der Waals surface area (Å²) in [4.78, 5) is 12.5. The van der Waals surface area contributed by atoms with E-state index < -0.39 is 0 Å². The number of methoxy groups -OCH3 is 2. The maximum atomic E-state index is 12.5. The zero-order valence-electron chi connectivity index (χ0n) is 15.8. The Labute approximate surface area is 162 Å². The fraction of sp³-hybridized carbons (Fsp3) is 0.650. The monoisotopic (exact) mass is 382 g/mol. The minimum absolute atomic E-state index is 0. The van der Waals surface area contributed by atoms with E-state index in [1.807, 2.05) is 6.07 Å². The van der Waals surface area contributed by atoms with Crippen LogP contribution < -0.4 is 20.1 Å². The number of carbonyl (C=O) groups is 1. The van der Waals surface area contributed by atoms with Crippen molar-refractivity contribution in [1.82, 2.24) is 10.6 Å². The summed E-state index contributed by atoms with van der Waals surface area (Å²) in [5, 5.41) is 6.52. The van der Waals surface area contributed by atoms with Crippen molar-refractivity contribution in [2.45, 2.75) is 43.9 Å². The number of hydrogen-bond donors (Lipinski definition) is 2. The number of rotatable bonds is 6. The first-order valence-electron chi connectivity index (χ1n) is 9.39. The van der Waals surface area contributed by atoms with Crippen molar-refractivity contribution >= 4 is 18.3 Å². The molecule has 0 aromatic heterocycles. The molecule has 1 atom stereocenters. The molecule has 2 aliphatic rings. The Morgan fingerprint density at radius 1 is 1.19 bits per heavy atom. The molecule has 1 aliphatic carbocycles. The third-order valence-corrected chi connectivity index (χ3v) is 5.84. The number of nitrogens with one attached hydrogen (secondary N) is 2. The lowest BCUT2D eigenvalue weighted by molar-refractivity contribution is -0.124. The van der Waals surface area contributed by atoms with Crippen LogP contribution in [0.5, 0.6) is 11.5 Å². The Kier molecular flexibility index (Phi) is 7.59. The van der Waals surface area contributed by atoms with Crippen LogP contribution in [0.2, 0.25) is 0 Å². The van der Waals surface area contributed by atoms with E-state index >= 15 is 0 Å². The summed E-state index contributed by atoms with van der Waals surface area (Å²) in [6, 6.07) is 6.20. The average Bonchev–Trinajstić information content (AvgIpc) is 3.21. The zero-order chi connectivity index (χ0) is 17.7. The lowest BCUT2D eigenvalue weighted by atomic mass is 9.69. The van der Waals surface area contributed by atoms with Crippen LogP contribution in [0.4, 0.5) is 0 Å². The third kappa shape index (κ3) is 4.44. The SMILES string of the molecule is COc1ccc(C2(CNC(=O)C3CCNC3)CCCCC2)cc1OC.Cl. The second-order valence-corrected chi connectivity index (χ2v) is 7.32. The maximum absolute atomic E-state index is 12.5. The van der Waals surface area contributed by atoms with Crippen molar-refractivity contribution in [2.75, 3.05) is 33.9 Å². The molecule has 0 bridgehead atoms. The van der Waals surface area contributed by atoms with Crippen LogP contribution in [0, 0.1) is 5.92 Å². The molecular weight excluding hydrogens is 352 g/mol. The molecule has 1 saturated carbocycles. The number of benzene rings is 1. The average molecular weight is 383 g/mol. The molecule has 0 spiro atoms. The fourth-order valence-corrected chi connectivity index (χ4v) is 4.24. The lowest BCUT2D eigenvalue weighted by Gasteiger charge is -2.38. The molecule has 0 radical (unpaired) electrons. The van der Waals surface area contributed by atoms with E-state index in [4.69, 9.17) is 9.47 Å². The van der Waals surface area contributed by atoms with E-state index in [1.54, 1.807) is 14.2 Å². The standard InChI is InChI=1S/C20H30N2O3.ClH/c1-24-17-7-6-16(12-18(17)25-2)20(9-4-3-5-10-20)14-22-19(23)15-8-11-21-13-15;/h6-7,12,15,21H,3-5,8-11,13-14H2,1-2H3,(H,22,23);1H. The van der Waals surface area contributed by atoms with Crippen LogP contribution in [0.3, 0.4) is 0 Å². The van der Waals surface area contributed by atoms with Gasteiger partial charge in [-0.05, 0) is 43.5 Å². The van der Waals surface area contributed by atoms with Crippen LogP contribution in [-0.4, -0.2) is 39.8 Å². The van der Waals surface area contributed by atoms with Gasteiger partial charge in [-0.3, -0.25) is 4.79 Å². The Bertz CT molecular complexity index is 597. The van der Waals surface area contributed by atoms with Crippen LogP contribution in [0.1, 0.15) is 44.1 Å². The molecule has 1 heterocycles. The van der Waals surface area contributed by atoms with E-state index in [1.165, 1.54) is 24.8 Å². The molecule has 3 rings (SSSR count). The van der Waals surface area contributed by atoms with E-state index in [0.29, 0.717) is 6.54 Å². The van der Waals surface area contributed by atoms with Gasteiger partial charge in [-0.2, -0.15) is 0 Å². The molecular formula is C20H31ClN2O3. The van der Waals surface area contributed by atoms with Crippen molar-refractivity contribution in [1.29, 1.82) is 0 Å². The van der Waals surface area contributed by atoms with Gasteiger partial charge >= 0.3 is 0 Å². The molecule has 2 fully saturated rings. The first-order chi connectivity index (χ1) is 12.2. The molecule has 1 aromatic carbocycles. The molecule has 5 nitrogen and oxygen atoms in total.